The van der Waals surface area contributed by atoms with E-state index in [0.717, 1.165) is 17.7 Å². The SMILES string of the molecule is CNC1CCCN(CC(=O)N2c3ccccc3NC(=O)CC2C(F)(F)F)C1.Cl. The predicted octanol–water partition coefficient (Wildman–Crippen LogP) is 2.40. The molecule has 0 aliphatic carbocycles. The summed E-state index contributed by atoms with van der Waals surface area (Å²) in [5.41, 5.74) is 0.298. The van der Waals surface area contributed by atoms with E-state index in [1.807, 2.05) is 11.9 Å². The van der Waals surface area contributed by atoms with Gasteiger partial charge in [0.25, 0.3) is 0 Å². The second-order valence-electron chi connectivity index (χ2n) is 6.95. The van der Waals surface area contributed by atoms with Gasteiger partial charge < -0.3 is 10.6 Å². The number of piperidine rings is 1. The number of carbonyl (C=O) groups excluding carboxylic acids is 2. The number of nitrogens with zero attached hydrogens (tertiary/aromatic N) is 2. The minimum Gasteiger partial charge on any atom is -0.324 e. The van der Waals surface area contributed by atoms with Gasteiger partial charge in [0.05, 0.1) is 24.3 Å². The van der Waals surface area contributed by atoms with Gasteiger partial charge in [-0.3, -0.25) is 19.4 Å². The van der Waals surface area contributed by atoms with Gasteiger partial charge in [0.1, 0.15) is 6.04 Å². The molecule has 2 N–H and O–H groups in total. The molecule has 28 heavy (non-hydrogen) atoms. The zero-order valence-corrected chi connectivity index (χ0v) is 16.3. The summed E-state index contributed by atoms with van der Waals surface area (Å²) in [6.07, 6.45) is -3.68. The number of likely N-dealkylation sites (tertiary alicyclic amines) is 1. The van der Waals surface area contributed by atoms with E-state index in [1.165, 1.54) is 12.1 Å². The molecule has 1 saturated heterocycles. The number of alkyl halides is 3. The van der Waals surface area contributed by atoms with Crippen molar-refractivity contribution in [3.05, 3.63) is 24.3 Å². The molecule has 0 radical (unpaired) electrons. The topological polar surface area (TPSA) is 64.7 Å². The molecule has 6 nitrogen and oxygen atoms in total. The molecule has 1 aromatic rings. The summed E-state index contributed by atoms with van der Waals surface area (Å²) in [4.78, 5) is 27.6. The van der Waals surface area contributed by atoms with Gasteiger partial charge in [-0.05, 0) is 38.6 Å². The molecule has 0 aromatic heterocycles. The first kappa shape index (κ1) is 22.4. The Labute approximate surface area is 167 Å². The van der Waals surface area contributed by atoms with Crippen molar-refractivity contribution < 1.29 is 22.8 Å². The molecule has 156 valence electrons. The number of halogens is 4. The Kier molecular flexibility index (Phi) is 7.30. The van der Waals surface area contributed by atoms with Crippen LogP contribution in [0, 0.1) is 0 Å². The van der Waals surface area contributed by atoms with E-state index in [2.05, 4.69) is 10.6 Å². The molecule has 10 heteroatoms. The summed E-state index contributed by atoms with van der Waals surface area (Å²) in [6, 6.07) is 4.14. The Balaban J connectivity index is 0.00000280. The summed E-state index contributed by atoms with van der Waals surface area (Å²) in [5, 5.41) is 5.62. The number of fused-ring (bicyclic) bond motifs is 1. The second-order valence-corrected chi connectivity index (χ2v) is 6.95. The highest BCUT2D eigenvalue weighted by Crippen LogP contribution is 2.37. The third kappa shape index (κ3) is 4.95. The fourth-order valence-corrected chi connectivity index (χ4v) is 3.70. The van der Waals surface area contributed by atoms with Crippen molar-refractivity contribution in [2.75, 3.05) is 36.9 Å². The van der Waals surface area contributed by atoms with E-state index in [4.69, 9.17) is 0 Å². The molecule has 0 saturated carbocycles. The van der Waals surface area contributed by atoms with E-state index < -0.39 is 30.5 Å². The smallest absolute Gasteiger partial charge is 0.324 e. The average Bonchev–Trinajstić information content (AvgIpc) is 2.77. The normalized spacial score (nSPS) is 23.3. The molecule has 2 unspecified atom stereocenters. The quantitative estimate of drug-likeness (QED) is 0.788. The van der Waals surface area contributed by atoms with Crippen LogP contribution in [0.3, 0.4) is 0 Å². The average molecular weight is 421 g/mol. The zero-order valence-electron chi connectivity index (χ0n) is 15.5. The molecule has 2 heterocycles. The first-order valence-corrected chi connectivity index (χ1v) is 8.97. The van der Waals surface area contributed by atoms with Crippen molar-refractivity contribution in [1.82, 2.24) is 10.2 Å². The molecular weight excluding hydrogens is 397 g/mol. The minimum atomic E-state index is -4.71. The highest BCUT2D eigenvalue weighted by Gasteiger charge is 2.49. The van der Waals surface area contributed by atoms with Crippen LogP contribution < -0.4 is 15.5 Å². The molecule has 1 aromatic carbocycles. The third-order valence-corrected chi connectivity index (χ3v) is 5.05. The lowest BCUT2D eigenvalue weighted by Crippen LogP contribution is -2.54. The number of carbonyl (C=O) groups is 2. The van der Waals surface area contributed by atoms with Crippen molar-refractivity contribution in [3.8, 4) is 0 Å². The summed E-state index contributed by atoms with van der Waals surface area (Å²) in [6.45, 7) is 1.14. The maximum atomic E-state index is 13.7. The lowest BCUT2D eigenvalue weighted by atomic mass is 10.1. The number of hydrogen-bond donors (Lipinski definition) is 2. The fourth-order valence-electron chi connectivity index (χ4n) is 3.70. The van der Waals surface area contributed by atoms with Crippen LogP contribution in [0.25, 0.3) is 0 Å². The van der Waals surface area contributed by atoms with Crippen LogP contribution in [-0.4, -0.2) is 61.7 Å². The molecular formula is C18H24ClF3N4O2. The van der Waals surface area contributed by atoms with Gasteiger partial charge in [0.2, 0.25) is 11.8 Å². The standard InChI is InChI=1S/C18H23F3N4O2.ClH/c1-22-12-5-4-8-24(10-12)11-17(27)25-14-7-3-2-6-13(14)23-16(26)9-15(25)18(19,20)21;/h2-3,6-7,12,15,22H,4-5,8-11H2,1H3,(H,23,26);1H. The molecule has 0 spiro atoms. The van der Waals surface area contributed by atoms with E-state index >= 15 is 0 Å². The number of rotatable bonds is 3. The molecule has 2 aliphatic heterocycles. The van der Waals surface area contributed by atoms with Crippen LogP contribution >= 0.6 is 12.4 Å². The van der Waals surface area contributed by atoms with E-state index in [0.29, 0.717) is 13.1 Å². The molecule has 0 bridgehead atoms. The van der Waals surface area contributed by atoms with E-state index in [-0.39, 0.29) is 36.4 Å². The van der Waals surface area contributed by atoms with Crippen molar-refractivity contribution in [2.24, 2.45) is 0 Å². The first-order valence-electron chi connectivity index (χ1n) is 8.97. The van der Waals surface area contributed by atoms with Gasteiger partial charge in [-0.2, -0.15) is 13.2 Å². The van der Waals surface area contributed by atoms with E-state index in [9.17, 15) is 22.8 Å². The van der Waals surface area contributed by atoms with Gasteiger partial charge >= 0.3 is 6.18 Å². The third-order valence-electron chi connectivity index (χ3n) is 5.05. The number of benzene rings is 1. The molecule has 1 fully saturated rings. The van der Waals surface area contributed by atoms with Crippen molar-refractivity contribution in [1.29, 1.82) is 0 Å². The monoisotopic (exact) mass is 420 g/mol. The van der Waals surface area contributed by atoms with Gasteiger partial charge in [-0.25, -0.2) is 0 Å². The van der Waals surface area contributed by atoms with Crippen LogP contribution in [0.2, 0.25) is 0 Å². The number of nitrogens with one attached hydrogen (secondary N) is 2. The van der Waals surface area contributed by atoms with Gasteiger partial charge in [-0.15, -0.1) is 12.4 Å². The van der Waals surface area contributed by atoms with Crippen LogP contribution in [-0.2, 0) is 9.59 Å². The van der Waals surface area contributed by atoms with Crippen LogP contribution in [0.5, 0.6) is 0 Å². The van der Waals surface area contributed by atoms with E-state index in [1.54, 1.807) is 12.1 Å². The Hall–Kier alpha value is -1.84. The Morgan fingerprint density at radius 1 is 1.32 bits per heavy atom. The lowest BCUT2D eigenvalue weighted by Gasteiger charge is -2.36. The molecule has 2 amide bonds. The Bertz CT molecular complexity index is 716. The van der Waals surface area contributed by atoms with Gasteiger partial charge in [0, 0.05) is 12.6 Å². The largest absolute Gasteiger partial charge is 0.409 e. The first-order chi connectivity index (χ1) is 12.8. The zero-order chi connectivity index (χ0) is 19.6. The number of anilines is 2. The highest BCUT2D eigenvalue weighted by molar-refractivity contribution is 6.05. The maximum absolute atomic E-state index is 13.7. The number of para-hydroxylation sites is 2. The van der Waals surface area contributed by atoms with Crippen molar-refractivity contribution in [3.63, 3.8) is 0 Å². The molecule has 2 atom stereocenters. The van der Waals surface area contributed by atoms with Crippen LogP contribution in [0.4, 0.5) is 24.5 Å². The maximum Gasteiger partial charge on any atom is 0.409 e. The van der Waals surface area contributed by atoms with Crippen LogP contribution in [0.1, 0.15) is 19.3 Å². The summed E-state index contributed by atoms with van der Waals surface area (Å²) >= 11 is 0. The Morgan fingerprint density at radius 2 is 2.04 bits per heavy atom. The highest BCUT2D eigenvalue weighted by atomic mass is 35.5. The second kappa shape index (κ2) is 9.11. The molecule has 2 aliphatic rings. The van der Waals surface area contributed by atoms with Crippen molar-refractivity contribution in [2.45, 2.75) is 37.5 Å². The van der Waals surface area contributed by atoms with Gasteiger partial charge in [-0.1, -0.05) is 12.1 Å². The summed E-state index contributed by atoms with van der Waals surface area (Å²) in [7, 11) is 1.83. The van der Waals surface area contributed by atoms with Gasteiger partial charge in [0.15, 0.2) is 0 Å². The summed E-state index contributed by atoms with van der Waals surface area (Å²) < 4.78 is 41.1. The predicted molar refractivity (Wildman–Crippen MR) is 103 cm³/mol. The molecule has 3 rings (SSSR count). The van der Waals surface area contributed by atoms with Crippen LogP contribution in [0.15, 0.2) is 24.3 Å². The van der Waals surface area contributed by atoms with Crippen molar-refractivity contribution >= 4 is 35.6 Å². The number of amides is 2. The minimum absolute atomic E-state index is 0. The fraction of sp³-hybridized carbons (Fsp3) is 0.556. The summed E-state index contributed by atoms with van der Waals surface area (Å²) in [5.74, 6) is -1.41. The number of likely N-dealkylation sites (N-methyl/N-ethyl adjacent to an activating group) is 1. The number of hydrogen-bond acceptors (Lipinski definition) is 4. The Morgan fingerprint density at radius 3 is 2.71 bits per heavy atom. The lowest BCUT2D eigenvalue weighted by molar-refractivity contribution is -0.158.